The number of rotatable bonds is 5. The number of aromatic nitrogens is 2. The van der Waals surface area contributed by atoms with Crippen LogP contribution in [0.1, 0.15) is 21.0 Å². The first-order chi connectivity index (χ1) is 12.0. The van der Waals surface area contributed by atoms with E-state index in [0.717, 1.165) is 0 Å². The van der Waals surface area contributed by atoms with E-state index < -0.39 is 18.4 Å². The Morgan fingerprint density at radius 2 is 1.80 bits per heavy atom. The van der Waals surface area contributed by atoms with E-state index >= 15 is 0 Å². The predicted molar refractivity (Wildman–Crippen MR) is 90.5 cm³/mol. The Labute approximate surface area is 141 Å². The zero-order chi connectivity index (χ0) is 17.8. The molecule has 1 aromatic heterocycles. The van der Waals surface area contributed by atoms with Gasteiger partial charge in [0.15, 0.2) is 5.82 Å². The average molecular weight is 338 g/mol. The molecule has 2 aromatic carbocycles. The van der Waals surface area contributed by atoms with Gasteiger partial charge in [-0.15, -0.1) is 0 Å². The Balaban J connectivity index is 1.77. The van der Waals surface area contributed by atoms with E-state index in [4.69, 9.17) is 5.11 Å². The molecule has 3 aromatic rings. The molecular formula is C17H14N4O4. The van der Waals surface area contributed by atoms with Gasteiger partial charge in [0.25, 0.3) is 11.8 Å². The van der Waals surface area contributed by atoms with E-state index in [1.807, 2.05) is 6.07 Å². The molecule has 8 heteroatoms. The van der Waals surface area contributed by atoms with Gasteiger partial charge in [-0.05, 0) is 30.3 Å². The van der Waals surface area contributed by atoms with E-state index in [0.29, 0.717) is 22.3 Å². The molecule has 0 spiro atoms. The lowest BCUT2D eigenvalue weighted by atomic mass is 10.2. The average Bonchev–Trinajstić information content (AvgIpc) is 3.03. The highest BCUT2D eigenvalue weighted by molar-refractivity contribution is 6.05. The summed E-state index contributed by atoms with van der Waals surface area (Å²) in [5.41, 5.74) is 2.15. The maximum atomic E-state index is 12.2. The monoisotopic (exact) mass is 338 g/mol. The van der Waals surface area contributed by atoms with Crippen molar-refractivity contribution in [3.8, 4) is 0 Å². The van der Waals surface area contributed by atoms with Crippen molar-refractivity contribution in [2.24, 2.45) is 0 Å². The van der Waals surface area contributed by atoms with Crippen LogP contribution in [0.25, 0.3) is 11.0 Å². The molecule has 0 aliphatic rings. The Kier molecular flexibility index (Phi) is 4.42. The fourth-order valence-electron chi connectivity index (χ4n) is 2.23. The number of imidazole rings is 1. The number of nitrogens with one attached hydrogen (secondary N) is 3. The molecule has 2 amide bonds. The third kappa shape index (κ3) is 3.81. The van der Waals surface area contributed by atoms with Gasteiger partial charge in [-0.1, -0.05) is 18.2 Å². The summed E-state index contributed by atoms with van der Waals surface area (Å²) in [5, 5.41) is 13.6. The number of hydrogen-bond acceptors (Lipinski definition) is 4. The van der Waals surface area contributed by atoms with Gasteiger partial charge < -0.3 is 20.7 Å². The summed E-state index contributed by atoms with van der Waals surface area (Å²) in [7, 11) is 0. The maximum Gasteiger partial charge on any atom is 0.322 e. The molecule has 8 nitrogen and oxygen atoms in total. The summed E-state index contributed by atoms with van der Waals surface area (Å²) in [6.07, 6.45) is 0. The van der Waals surface area contributed by atoms with Crippen LogP contribution in [0.4, 0.5) is 5.69 Å². The smallest absolute Gasteiger partial charge is 0.322 e. The summed E-state index contributed by atoms with van der Waals surface area (Å²) >= 11 is 0. The molecule has 126 valence electrons. The topological polar surface area (TPSA) is 124 Å². The van der Waals surface area contributed by atoms with Crippen molar-refractivity contribution in [1.82, 2.24) is 15.3 Å². The lowest BCUT2D eigenvalue weighted by Gasteiger charge is -2.04. The number of carbonyl (C=O) groups is 3. The van der Waals surface area contributed by atoms with Crippen LogP contribution in [-0.2, 0) is 4.79 Å². The number of carboxylic acids is 1. The lowest BCUT2D eigenvalue weighted by Crippen LogP contribution is -2.29. The number of anilines is 1. The normalized spacial score (nSPS) is 10.4. The van der Waals surface area contributed by atoms with Crippen molar-refractivity contribution in [3.63, 3.8) is 0 Å². The standard InChI is InChI=1S/C17H14N4O4/c22-14(23)9-18-17(25)15-20-12-7-6-11(8-13(12)21-15)19-16(24)10-4-2-1-3-5-10/h1-8H,9H2,(H,18,25)(H,19,24)(H,20,21)(H,22,23). The first kappa shape index (κ1) is 16.2. The molecule has 3 rings (SSSR count). The van der Waals surface area contributed by atoms with Gasteiger partial charge in [0.2, 0.25) is 0 Å². The fraction of sp³-hybridized carbons (Fsp3) is 0.0588. The first-order valence-corrected chi connectivity index (χ1v) is 7.39. The molecule has 4 N–H and O–H groups in total. The van der Waals surface area contributed by atoms with Crippen molar-refractivity contribution >= 4 is 34.5 Å². The van der Waals surface area contributed by atoms with Gasteiger partial charge >= 0.3 is 5.97 Å². The molecule has 0 saturated heterocycles. The van der Waals surface area contributed by atoms with Crippen molar-refractivity contribution < 1.29 is 19.5 Å². The van der Waals surface area contributed by atoms with Crippen molar-refractivity contribution in [1.29, 1.82) is 0 Å². The number of carboxylic acid groups (broad SMARTS) is 1. The third-order valence-corrected chi connectivity index (χ3v) is 3.39. The van der Waals surface area contributed by atoms with E-state index in [1.165, 1.54) is 0 Å². The molecule has 0 atom stereocenters. The Morgan fingerprint density at radius 3 is 2.52 bits per heavy atom. The van der Waals surface area contributed by atoms with Crippen LogP contribution < -0.4 is 10.6 Å². The Hall–Kier alpha value is -3.68. The maximum absolute atomic E-state index is 12.2. The largest absolute Gasteiger partial charge is 0.480 e. The summed E-state index contributed by atoms with van der Waals surface area (Å²) in [6.45, 7) is -0.492. The van der Waals surface area contributed by atoms with Crippen LogP contribution in [0.15, 0.2) is 48.5 Å². The minimum absolute atomic E-state index is 0.00258. The number of aliphatic carboxylic acids is 1. The highest BCUT2D eigenvalue weighted by Crippen LogP contribution is 2.18. The second-order valence-corrected chi connectivity index (χ2v) is 5.21. The minimum Gasteiger partial charge on any atom is -0.480 e. The summed E-state index contributed by atoms with van der Waals surface area (Å²) in [6, 6.07) is 13.7. The van der Waals surface area contributed by atoms with Gasteiger partial charge in [0.1, 0.15) is 6.54 Å². The zero-order valence-corrected chi connectivity index (χ0v) is 12.9. The van der Waals surface area contributed by atoms with Gasteiger partial charge in [-0.3, -0.25) is 14.4 Å². The van der Waals surface area contributed by atoms with E-state index in [-0.39, 0.29) is 11.7 Å². The highest BCUT2D eigenvalue weighted by Gasteiger charge is 2.13. The summed E-state index contributed by atoms with van der Waals surface area (Å²) in [4.78, 5) is 41.4. The number of carbonyl (C=O) groups excluding carboxylic acids is 2. The third-order valence-electron chi connectivity index (χ3n) is 3.39. The van der Waals surface area contributed by atoms with E-state index in [9.17, 15) is 14.4 Å². The molecule has 0 radical (unpaired) electrons. The minimum atomic E-state index is -1.14. The lowest BCUT2D eigenvalue weighted by molar-refractivity contribution is -0.135. The molecular weight excluding hydrogens is 324 g/mol. The van der Waals surface area contributed by atoms with E-state index in [2.05, 4.69) is 20.6 Å². The number of aromatic amines is 1. The molecule has 0 fully saturated rings. The van der Waals surface area contributed by atoms with Crippen LogP contribution in [0.3, 0.4) is 0 Å². The second-order valence-electron chi connectivity index (χ2n) is 5.21. The Morgan fingerprint density at radius 1 is 1.04 bits per heavy atom. The number of benzene rings is 2. The Bertz CT molecular complexity index is 950. The predicted octanol–water partition coefficient (Wildman–Crippen LogP) is 1.63. The molecule has 0 aliphatic carbocycles. The summed E-state index contributed by atoms with van der Waals surface area (Å²) in [5.74, 6) is -2.01. The van der Waals surface area contributed by atoms with Gasteiger partial charge in [0.05, 0.1) is 11.0 Å². The molecule has 25 heavy (non-hydrogen) atoms. The number of amides is 2. The SMILES string of the molecule is O=C(O)CNC(=O)c1nc2ccc(NC(=O)c3ccccc3)cc2[nH]1. The van der Waals surface area contributed by atoms with Crippen molar-refractivity contribution in [2.45, 2.75) is 0 Å². The fourth-order valence-corrected chi connectivity index (χ4v) is 2.23. The van der Waals surface area contributed by atoms with Crippen LogP contribution in [0.5, 0.6) is 0 Å². The van der Waals surface area contributed by atoms with Crippen LogP contribution in [0.2, 0.25) is 0 Å². The van der Waals surface area contributed by atoms with Crippen LogP contribution in [-0.4, -0.2) is 39.4 Å². The zero-order valence-electron chi connectivity index (χ0n) is 12.9. The van der Waals surface area contributed by atoms with Crippen LogP contribution >= 0.6 is 0 Å². The second kappa shape index (κ2) is 6.83. The first-order valence-electron chi connectivity index (χ1n) is 7.39. The van der Waals surface area contributed by atoms with Gasteiger partial charge in [-0.25, -0.2) is 4.98 Å². The number of fused-ring (bicyclic) bond motifs is 1. The molecule has 0 unspecified atom stereocenters. The number of H-pyrrole nitrogens is 1. The van der Waals surface area contributed by atoms with E-state index in [1.54, 1.807) is 42.5 Å². The van der Waals surface area contributed by atoms with Crippen LogP contribution in [0, 0.1) is 0 Å². The van der Waals surface area contributed by atoms with Crippen molar-refractivity contribution in [3.05, 3.63) is 59.9 Å². The molecule has 0 aliphatic heterocycles. The number of nitrogens with zero attached hydrogens (tertiary/aromatic N) is 1. The number of hydrogen-bond donors (Lipinski definition) is 4. The molecule has 0 bridgehead atoms. The molecule has 0 saturated carbocycles. The highest BCUT2D eigenvalue weighted by atomic mass is 16.4. The molecule has 1 heterocycles. The van der Waals surface area contributed by atoms with Gasteiger partial charge in [0, 0.05) is 11.3 Å². The summed E-state index contributed by atoms with van der Waals surface area (Å²) < 4.78 is 0. The van der Waals surface area contributed by atoms with Crippen molar-refractivity contribution in [2.75, 3.05) is 11.9 Å². The quantitative estimate of drug-likeness (QED) is 0.563. The van der Waals surface area contributed by atoms with Gasteiger partial charge in [-0.2, -0.15) is 0 Å².